The number of aromatic nitrogens is 4. The molecule has 138 valence electrons. The summed E-state index contributed by atoms with van der Waals surface area (Å²) in [5.41, 5.74) is 3.44. The highest BCUT2D eigenvalue weighted by molar-refractivity contribution is 7.14. The van der Waals surface area contributed by atoms with Gasteiger partial charge in [0, 0.05) is 29.4 Å². The monoisotopic (exact) mass is 381 g/mol. The van der Waals surface area contributed by atoms with Crippen molar-refractivity contribution in [2.24, 2.45) is 0 Å². The van der Waals surface area contributed by atoms with Gasteiger partial charge in [-0.15, -0.1) is 11.3 Å². The largest absolute Gasteiger partial charge is 0.300 e. The minimum atomic E-state index is -0.311. The second-order valence-electron chi connectivity index (χ2n) is 6.49. The topological polar surface area (TPSA) is 89.8 Å². The molecule has 0 fully saturated rings. The van der Waals surface area contributed by atoms with Gasteiger partial charge in [0.15, 0.2) is 5.13 Å². The summed E-state index contributed by atoms with van der Waals surface area (Å²) in [7, 11) is 0. The Kier molecular flexibility index (Phi) is 5.06. The van der Waals surface area contributed by atoms with Crippen LogP contribution in [-0.2, 0) is 24.2 Å². The molecule has 0 aromatic carbocycles. The second kappa shape index (κ2) is 7.79. The van der Waals surface area contributed by atoms with Crippen LogP contribution in [0.4, 0.5) is 5.13 Å². The molecule has 3 aromatic heterocycles. The number of carbonyl (C=O) groups is 1. The lowest BCUT2D eigenvalue weighted by Crippen LogP contribution is -2.30. The van der Waals surface area contributed by atoms with E-state index in [2.05, 4.69) is 20.4 Å². The number of hydrogen-bond donors (Lipinski definition) is 1. The van der Waals surface area contributed by atoms with Gasteiger partial charge in [-0.3, -0.25) is 14.6 Å². The standard InChI is InChI=1S/C19H19N5O2S/c25-17(22-19-21-16(12-27-19)13-6-8-20-9-7-13)11-24-18(26)10-14-4-2-1-3-5-15(14)23-24/h6-10,12H,1-5,11H2,(H,21,22,25). The molecule has 7 nitrogen and oxygen atoms in total. The number of nitrogens with one attached hydrogen (secondary N) is 1. The number of pyridine rings is 1. The SMILES string of the molecule is O=C(Cn1nc2c(cc1=O)CCCCC2)Nc1nc(-c2ccncc2)cs1. The maximum atomic E-state index is 12.4. The Labute approximate surface area is 160 Å². The van der Waals surface area contributed by atoms with Gasteiger partial charge in [0.1, 0.15) is 6.54 Å². The number of hydrogen-bond acceptors (Lipinski definition) is 6. The molecule has 8 heteroatoms. The van der Waals surface area contributed by atoms with Gasteiger partial charge in [0.05, 0.1) is 11.4 Å². The van der Waals surface area contributed by atoms with Crippen molar-refractivity contribution in [2.75, 3.05) is 5.32 Å². The minimum Gasteiger partial charge on any atom is -0.300 e. The van der Waals surface area contributed by atoms with E-state index in [0.717, 1.165) is 54.6 Å². The van der Waals surface area contributed by atoms with E-state index in [-0.39, 0.29) is 18.0 Å². The molecule has 1 aliphatic rings. The molecule has 3 heterocycles. The Morgan fingerprint density at radius 2 is 2.00 bits per heavy atom. The highest BCUT2D eigenvalue weighted by Crippen LogP contribution is 2.24. The molecule has 0 radical (unpaired) electrons. The van der Waals surface area contributed by atoms with Gasteiger partial charge in [-0.25, -0.2) is 9.67 Å². The molecule has 1 N–H and O–H groups in total. The van der Waals surface area contributed by atoms with Gasteiger partial charge in [-0.1, -0.05) is 6.42 Å². The van der Waals surface area contributed by atoms with E-state index in [1.165, 1.54) is 16.0 Å². The maximum Gasteiger partial charge on any atom is 0.267 e. The number of rotatable bonds is 4. The summed E-state index contributed by atoms with van der Waals surface area (Å²) >= 11 is 1.34. The quantitative estimate of drug-likeness (QED) is 0.702. The third-order valence-electron chi connectivity index (χ3n) is 4.54. The third kappa shape index (κ3) is 4.11. The second-order valence-corrected chi connectivity index (χ2v) is 7.35. The normalized spacial score (nSPS) is 13.6. The summed E-state index contributed by atoms with van der Waals surface area (Å²) in [5.74, 6) is -0.311. The summed E-state index contributed by atoms with van der Waals surface area (Å²) in [6.07, 6.45) is 8.45. The summed E-state index contributed by atoms with van der Waals surface area (Å²) in [6, 6.07) is 5.35. The van der Waals surface area contributed by atoms with Crippen LogP contribution < -0.4 is 10.9 Å². The van der Waals surface area contributed by atoms with Crippen molar-refractivity contribution in [1.82, 2.24) is 19.7 Å². The highest BCUT2D eigenvalue weighted by Gasteiger charge is 2.15. The van der Waals surface area contributed by atoms with Gasteiger partial charge in [-0.2, -0.15) is 5.10 Å². The van der Waals surface area contributed by atoms with E-state index in [1.807, 2.05) is 17.5 Å². The Balaban J connectivity index is 1.46. The van der Waals surface area contributed by atoms with Gasteiger partial charge in [-0.05, 0) is 43.4 Å². The van der Waals surface area contributed by atoms with Crippen LogP contribution >= 0.6 is 11.3 Å². The summed E-state index contributed by atoms with van der Waals surface area (Å²) in [6.45, 7) is -0.115. The van der Waals surface area contributed by atoms with Crippen LogP contribution in [0.5, 0.6) is 0 Å². The Morgan fingerprint density at radius 1 is 1.19 bits per heavy atom. The fourth-order valence-corrected chi connectivity index (χ4v) is 3.91. The number of aryl methyl sites for hydroxylation is 2. The van der Waals surface area contributed by atoms with Crippen LogP contribution in [0, 0.1) is 0 Å². The van der Waals surface area contributed by atoms with E-state index in [1.54, 1.807) is 18.5 Å². The van der Waals surface area contributed by atoms with Crippen LogP contribution in [0.3, 0.4) is 0 Å². The van der Waals surface area contributed by atoms with Crippen LogP contribution in [0.1, 0.15) is 30.5 Å². The van der Waals surface area contributed by atoms with Gasteiger partial charge >= 0.3 is 0 Å². The van der Waals surface area contributed by atoms with Gasteiger partial charge in [0.2, 0.25) is 5.91 Å². The van der Waals surface area contributed by atoms with Crippen LogP contribution in [0.15, 0.2) is 40.8 Å². The Morgan fingerprint density at radius 3 is 2.85 bits per heavy atom. The van der Waals surface area contributed by atoms with Crippen molar-refractivity contribution in [3.05, 3.63) is 57.6 Å². The average molecular weight is 381 g/mol. The molecule has 0 saturated heterocycles. The first kappa shape index (κ1) is 17.5. The molecular formula is C19H19N5O2S. The molecule has 0 unspecified atom stereocenters. The molecule has 1 aliphatic carbocycles. The predicted molar refractivity (Wildman–Crippen MR) is 104 cm³/mol. The summed E-state index contributed by atoms with van der Waals surface area (Å²) < 4.78 is 1.25. The molecule has 0 spiro atoms. The van der Waals surface area contributed by atoms with E-state index >= 15 is 0 Å². The fraction of sp³-hybridized carbons (Fsp3) is 0.316. The van der Waals surface area contributed by atoms with Crippen molar-refractivity contribution < 1.29 is 4.79 Å². The molecule has 0 bridgehead atoms. The molecule has 1 amide bonds. The zero-order valence-electron chi connectivity index (χ0n) is 14.7. The average Bonchev–Trinajstić information content (AvgIpc) is 3.01. The van der Waals surface area contributed by atoms with Crippen molar-refractivity contribution >= 4 is 22.4 Å². The zero-order valence-corrected chi connectivity index (χ0v) is 15.5. The van der Waals surface area contributed by atoms with Crippen molar-refractivity contribution in [2.45, 2.75) is 38.6 Å². The number of fused-ring (bicyclic) bond motifs is 1. The third-order valence-corrected chi connectivity index (χ3v) is 5.30. The van der Waals surface area contributed by atoms with Crippen molar-refractivity contribution in [1.29, 1.82) is 0 Å². The van der Waals surface area contributed by atoms with Crippen molar-refractivity contribution in [3.8, 4) is 11.3 Å². The number of anilines is 1. The lowest BCUT2D eigenvalue weighted by Gasteiger charge is -2.09. The molecule has 3 aromatic rings. The number of nitrogens with zero attached hydrogens (tertiary/aromatic N) is 4. The minimum absolute atomic E-state index is 0.115. The summed E-state index contributed by atoms with van der Waals surface area (Å²) in [5, 5.41) is 9.55. The van der Waals surface area contributed by atoms with Crippen LogP contribution in [-0.4, -0.2) is 25.7 Å². The van der Waals surface area contributed by atoms with Gasteiger partial charge < -0.3 is 5.32 Å². The van der Waals surface area contributed by atoms with E-state index in [9.17, 15) is 9.59 Å². The lowest BCUT2D eigenvalue weighted by atomic mass is 10.1. The molecule has 0 saturated carbocycles. The number of amides is 1. The number of carbonyl (C=O) groups excluding carboxylic acids is 1. The molecule has 0 atom stereocenters. The van der Waals surface area contributed by atoms with Gasteiger partial charge in [0.25, 0.3) is 5.56 Å². The lowest BCUT2D eigenvalue weighted by molar-refractivity contribution is -0.117. The molecule has 0 aliphatic heterocycles. The Hall–Kier alpha value is -2.87. The van der Waals surface area contributed by atoms with Crippen LogP contribution in [0.25, 0.3) is 11.3 Å². The first-order chi connectivity index (χ1) is 13.2. The maximum absolute atomic E-state index is 12.4. The fourth-order valence-electron chi connectivity index (χ4n) is 3.17. The zero-order chi connectivity index (χ0) is 18.6. The Bertz CT molecular complexity index is 1010. The first-order valence-electron chi connectivity index (χ1n) is 8.95. The van der Waals surface area contributed by atoms with Crippen LogP contribution in [0.2, 0.25) is 0 Å². The first-order valence-corrected chi connectivity index (χ1v) is 9.83. The smallest absolute Gasteiger partial charge is 0.267 e. The molecule has 27 heavy (non-hydrogen) atoms. The van der Waals surface area contributed by atoms with E-state index in [4.69, 9.17) is 0 Å². The van der Waals surface area contributed by atoms with E-state index in [0.29, 0.717) is 5.13 Å². The number of thiazole rings is 1. The van der Waals surface area contributed by atoms with E-state index < -0.39 is 0 Å². The summed E-state index contributed by atoms with van der Waals surface area (Å²) in [4.78, 5) is 33.0. The van der Waals surface area contributed by atoms with Crippen molar-refractivity contribution in [3.63, 3.8) is 0 Å². The molecule has 4 rings (SSSR count). The highest BCUT2D eigenvalue weighted by atomic mass is 32.1. The molecular weight excluding hydrogens is 362 g/mol. The predicted octanol–water partition coefficient (Wildman–Crippen LogP) is 2.67.